The average Bonchev–Trinajstić information content (AvgIpc) is 3.34. The molecule has 2 heterocycles. The second-order valence-corrected chi connectivity index (χ2v) is 13.3. The number of hydrogen-bond donors (Lipinski definition) is 0. The van der Waals surface area contributed by atoms with Gasteiger partial charge in [-0.05, 0) is 99.9 Å². The van der Waals surface area contributed by atoms with Crippen LogP contribution in [-0.2, 0) is 23.0 Å². The molecule has 40 heavy (non-hydrogen) atoms. The Morgan fingerprint density at radius 2 is 1.73 bits per heavy atom. The summed E-state index contributed by atoms with van der Waals surface area (Å²) in [5, 5.41) is 0.658. The Morgan fingerprint density at radius 3 is 2.42 bits per heavy atom. The summed E-state index contributed by atoms with van der Waals surface area (Å²) in [7, 11) is 0.343. The molecule has 4 aromatic rings. The van der Waals surface area contributed by atoms with Crippen molar-refractivity contribution in [2.45, 2.75) is 38.1 Å². The normalized spacial score (nSPS) is 13.7. The Morgan fingerprint density at radius 1 is 1.02 bits per heavy atom. The number of aryl methyl sites for hydroxylation is 2. The lowest BCUT2D eigenvalue weighted by atomic mass is 10.0. The minimum Gasteiger partial charge on any atom is -1.00 e. The lowest BCUT2D eigenvalue weighted by molar-refractivity contribution is -0.0000181. The van der Waals surface area contributed by atoms with E-state index in [1.165, 1.54) is 21.2 Å². The highest BCUT2D eigenvalue weighted by Crippen LogP contribution is 2.33. The lowest BCUT2D eigenvalue weighted by Gasteiger charge is -2.28. The van der Waals surface area contributed by atoms with E-state index in [-0.39, 0.29) is 24.6 Å². The maximum absolute atomic E-state index is 13.8. The van der Waals surface area contributed by atoms with Gasteiger partial charge in [-0.15, -0.1) is 0 Å². The van der Waals surface area contributed by atoms with Crippen molar-refractivity contribution >= 4 is 42.6 Å². The monoisotopic (exact) mass is 598 g/mol. The van der Waals surface area contributed by atoms with E-state index in [1.54, 1.807) is 29.2 Å². The zero-order valence-electron chi connectivity index (χ0n) is 24.2. The van der Waals surface area contributed by atoms with E-state index in [2.05, 4.69) is 24.0 Å². The third-order valence-electron chi connectivity index (χ3n) is 7.11. The maximum atomic E-state index is 13.8. The summed E-state index contributed by atoms with van der Waals surface area (Å²) in [6, 6.07) is 18.5. The third-order valence-corrected chi connectivity index (χ3v) is 10.2. The number of benzene rings is 3. The zero-order valence-corrected chi connectivity index (χ0v) is 25.6. The summed E-state index contributed by atoms with van der Waals surface area (Å²) in [6.07, 6.45) is 1.48. The summed E-state index contributed by atoms with van der Waals surface area (Å²) < 4.78 is 29.4. The molecule has 3 aromatic carbocycles. The summed E-state index contributed by atoms with van der Waals surface area (Å²) in [5.74, 6) is -0.182. The van der Waals surface area contributed by atoms with Gasteiger partial charge in [-0.25, -0.2) is 13.4 Å². The molecule has 0 bridgehead atoms. The van der Waals surface area contributed by atoms with E-state index in [0.29, 0.717) is 36.8 Å². The first-order chi connectivity index (χ1) is 18.6. The van der Waals surface area contributed by atoms with Crippen molar-refractivity contribution in [1.82, 2.24) is 14.2 Å². The quantitative estimate of drug-likeness (QED) is 0.311. The summed E-state index contributed by atoms with van der Waals surface area (Å²) in [5.41, 5.74) is 5.84. The highest BCUT2D eigenvalue weighted by molar-refractivity contribution is 7.89. The highest BCUT2D eigenvalue weighted by atomic mass is 35.5. The van der Waals surface area contributed by atoms with Crippen LogP contribution in [0.5, 0.6) is 0 Å². The Balaban J connectivity index is 0.00000231. The smallest absolute Gasteiger partial charge is 1.00 e. The van der Waals surface area contributed by atoms with E-state index < -0.39 is 10.0 Å². The van der Waals surface area contributed by atoms with E-state index in [0.717, 1.165) is 39.9 Å². The summed E-state index contributed by atoms with van der Waals surface area (Å²) in [6.45, 7) is 6.26. The van der Waals surface area contributed by atoms with Gasteiger partial charge in [0.05, 0.1) is 15.1 Å². The number of sulfonamides is 1. The van der Waals surface area contributed by atoms with Crippen LogP contribution in [0.2, 0.25) is 0 Å². The molecule has 1 aliphatic rings. The van der Waals surface area contributed by atoms with Crippen molar-refractivity contribution in [3.63, 3.8) is 0 Å². The van der Waals surface area contributed by atoms with Gasteiger partial charge in [-0.1, -0.05) is 41.7 Å². The van der Waals surface area contributed by atoms with Crippen molar-refractivity contribution in [3.05, 3.63) is 88.5 Å². The van der Waals surface area contributed by atoms with E-state index in [9.17, 15) is 13.2 Å². The predicted octanol–water partition coefficient (Wildman–Crippen LogP) is 2.38. The topological polar surface area (TPSA) is 73.8 Å². The number of hydrogen-bond acceptors (Lipinski definition) is 6. The van der Waals surface area contributed by atoms with Crippen molar-refractivity contribution in [2.75, 3.05) is 38.6 Å². The Bertz CT molecular complexity index is 1620. The van der Waals surface area contributed by atoms with Crippen LogP contribution in [0.25, 0.3) is 10.2 Å². The van der Waals surface area contributed by atoms with Crippen LogP contribution in [0.4, 0.5) is 5.13 Å². The van der Waals surface area contributed by atoms with Gasteiger partial charge in [0, 0.05) is 25.2 Å². The number of aromatic nitrogens is 1. The molecule has 0 atom stereocenters. The van der Waals surface area contributed by atoms with E-state index in [4.69, 9.17) is 4.98 Å². The molecule has 212 valence electrons. The van der Waals surface area contributed by atoms with Crippen LogP contribution < -0.4 is 17.3 Å². The molecule has 0 saturated heterocycles. The van der Waals surface area contributed by atoms with Gasteiger partial charge in [0.25, 0.3) is 5.91 Å². The third kappa shape index (κ3) is 6.24. The van der Waals surface area contributed by atoms with Crippen molar-refractivity contribution in [3.8, 4) is 0 Å². The second-order valence-electron chi connectivity index (χ2n) is 10.4. The molecule has 1 aliphatic heterocycles. The Hall–Kier alpha value is -2.82. The number of amides is 1. The van der Waals surface area contributed by atoms with Crippen LogP contribution in [0.3, 0.4) is 0 Å². The lowest BCUT2D eigenvalue weighted by Crippen LogP contribution is -3.00. The SMILES string of the molecule is Cc1cc(C)c2sc(N(CCCN(C)C)C(=O)c3ccc(S(=O)(=O)N4CCc5ccccc5C4)cc3)nc2c1.[Cl-].[H+]. The van der Waals surface area contributed by atoms with Gasteiger partial charge >= 0.3 is 1.43 Å². The molecule has 0 unspecified atom stereocenters. The number of carbonyl (C=O) groups excluding carboxylic acids is 1. The van der Waals surface area contributed by atoms with Gasteiger partial charge in [-0.3, -0.25) is 9.69 Å². The molecule has 10 heteroatoms. The molecule has 0 fully saturated rings. The van der Waals surface area contributed by atoms with Crippen molar-refractivity contribution in [2.24, 2.45) is 0 Å². The van der Waals surface area contributed by atoms with E-state index >= 15 is 0 Å². The number of thiazole rings is 1. The molecule has 0 saturated carbocycles. The number of carbonyl (C=O) groups is 1. The molecule has 5 rings (SSSR count). The molecule has 0 N–H and O–H groups in total. The summed E-state index contributed by atoms with van der Waals surface area (Å²) in [4.78, 5) is 22.6. The first kappa shape index (κ1) is 30.1. The molecule has 0 spiro atoms. The fraction of sp³-hybridized carbons (Fsp3) is 0.333. The zero-order chi connectivity index (χ0) is 27.7. The largest absolute Gasteiger partial charge is 1.00 e. The number of halogens is 1. The van der Waals surface area contributed by atoms with Gasteiger partial charge in [0.15, 0.2) is 5.13 Å². The molecular weight excluding hydrogens is 564 g/mol. The maximum Gasteiger partial charge on any atom is 1.00 e. The minimum absolute atomic E-state index is 0. The van der Waals surface area contributed by atoms with Crippen LogP contribution in [0.1, 0.15) is 40.5 Å². The Labute approximate surface area is 248 Å². The van der Waals surface area contributed by atoms with Crippen LogP contribution >= 0.6 is 11.3 Å². The predicted molar refractivity (Wildman–Crippen MR) is 159 cm³/mol. The minimum atomic E-state index is -3.68. The molecule has 1 aromatic heterocycles. The first-order valence-electron chi connectivity index (χ1n) is 13.1. The molecular formula is C30H35ClN4O3S2. The number of nitrogens with zero attached hydrogens (tertiary/aromatic N) is 4. The molecule has 0 aliphatic carbocycles. The second kappa shape index (κ2) is 12.4. The van der Waals surface area contributed by atoms with Crippen LogP contribution in [0.15, 0.2) is 65.6 Å². The molecule has 1 amide bonds. The van der Waals surface area contributed by atoms with Gasteiger partial charge < -0.3 is 17.3 Å². The standard InChI is InChI=1S/C30H34N4O3S2.ClH/c1-21-18-22(2)28-27(19-21)31-30(38-28)34(16-7-15-32(3)4)29(35)24-10-12-26(13-11-24)39(36,37)33-17-14-23-8-5-6-9-25(23)20-33;/h5-6,8-13,18-19H,7,14-17,20H2,1-4H3;1H. The molecule has 0 radical (unpaired) electrons. The number of anilines is 1. The fourth-order valence-electron chi connectivity index (χ4n) is 5.06. The van der Waals surface area contributed by atoms with Gasteiger partial charge in [0.1, 0.15) is 0 Å². The Kier molecular flexibility index (Phi) is 9.32. The summed E-state index contributed by atoms with van der Waals surface area (Å²) >= 11 is 1.52. The van der Waals surface area contributed by atoms with Crippen LogP contribution in [0, 0.1) is 13.8 Å². The van der Waals surface area contributed by atoms with Crippen molar-refractivity contribution in [1.29, 1.82) is 0 Å². The van der Waals surface area contributed by atoms with E-state index in [1.807, 2.05) is 45.3 Å². The first-order valence-corrected chi connectivity index (χ1v) is 15.4. The van der Waals surface area contributed by atoms with Gasteiger partial charge in [-0.2, -0.15) is 4.31 Å². The average molecular weight is 599 g/mol. The number of fused-ring (bicyclic) bond motifs is 2. The van der Waals surface area contributed by atoms with Crippen molar-refractivity contribution < 1.29 is 27.0 Å². The fourth-order valence-corrected chi connectivity index (χ4v) is 7.52. The molecule has 7 nitrogen and oxygen atoms in total. The number of rotatable bonds is 8. The van der Waals surface area contributed by atoms with Gasteiger partial charge in [0.2, 0.25) is 10.0 Å². The van der Waals surface area contributed by atoms with Crippen LogP contribution in [-0.4, -0.2) is 62.2 Å². The highest BCUT2D eigenvalue weighted by Gasteiger charge is 2.29.